The number of hydrogen-bond donors (Lipinski definition) is 0. The average molecular weight is 199 g/mol. The quantitative estimate of drug-likeness (QED) is 0.594. The van der Waals surface area contributed by atoms with E-state index >= 15 is 0 Å². The topological polar surface area (TPSA) is 3.24 Å². The zero-order valence-corrected chi connectivity index (χ0v) is 10.9. The van der Waals surface area contributed by atoms with E-state index in [9.17, 15) is 0 Å². The summed E-state index contributed by atoms with van der Waals surface area (Å²) in [7, 11) is 3.25. The Morgan fingerprint density at radius 1 is 1.00 bits per heavy atom. The third-order valence-corrected chi connectivity index (χ3v) is 8.22. The number of rotatable bonds is 6. The fourth-order valence-corrected chi connectivity index (χ4v) is 4.43. The van der Waals surface area contributed by atoms with Crippen molar-refractivity contribution >= 4 is 8.07 Å². The van der Waals surface area contributed by atoms with Gasteiger partial charge >= 0.3 is 0 Å². The molecule has 0 saturated heterocycles. The first kappa shape index (κ1) is 12.9. The van der Waals surface area contributed by atoms with Gasteiger partial charge < -0.3 is 4.90 Å². The molecule has 0 aliphatic carbocycles. The minimum Gasteiger partial charge on any atom is -0.306 e. The summed E-state index contributed by atoms with van der Waals surface area (Å²) in [6, 6.07) is 4.18. The molecule has 0 N–H and O–H groups in total. The summed E-state index contributed by atoms with van der Waals surface area (Å²) in [6.07, 6.45) is 2.36. The van der Waals surface area contributed by atoms with Crippen molar-refractivity contribution in [3.05, 3.63) is 11.8 Å². The maximum Gasteiger partial charge on any atom is 0.0766 e. The van der Waals surface area contributed by atoms with Crippen molar-refractivity contribution in [3.8, 4) is 0 Å². The van der Waals surface area contributed by atoms with Crippen LogP contribution in [0.25, 0.3) is 0 Å². The molecule has 0 unspecified atom stereocenters. The van der Waals surface area contributed by atoms with Crippen molar-refractivity contribution in [2.75, 3.05) is 20.6 Å². The van der Waals surface area contributed by atoms with Gasteiger partial charge in [0, 0.05) is 6.54 Å². The lowest BCUT2D eigenvalue weighted by atomic mass is 10.6. The van der Waals surface area contributed by atoms with E-state index in [2.05, 4.69) is 51.5 Å². The van der Waals surface area contributed by atoms with E-state index < -0.39 is 8.07 Å². The molecule has 0 aliphatic rings. The van der Waals surface area contributed by atoms with Crippen LogP contribution in [-0.4, -0.2) is 33.6 Å². The molecule has 0 atom stereocenters. The van der Waals surface area contributed by atoms with Gasteiger partial charge in [-0.3, -0.25) is 0 Å². The monoisotopic (exact) mass is 199 g/mol. The minimum atomic E-state index is -0.991. The lowest BCUT2D eigenvalue weighted by molar-refractivity contribution is 0.456. The molecule has 2 heteroatoms. The summed E-state index contributed by atoms with van der Waals surface area (Å²) in [6.45, 7) is 8.13. The van der Waals surface area contributed by atoms with E-state index in [-0.39, 0.29) is 0 Å². The van der Waals surface area contributed by atoms with Crippen molar-refractivity contribution in [1.82, 2.24) is 4.90 Å². The highest BCUT2D eigenvalue weighted by atomic mass is 28.3. The second kappa shape index (κ2) is 6.38. The summed E-state index contributed by atoms with van der Waals surface area (Å²) < 4.78 is 0. The summed E-state index contributed by atoms with van der Waals surface area (Å²) in [5.74, 6) is 0. The highest BCUT2D eigenvalue weighted by Crippen LogP contribution is 2.21. The predicted octanol–water partition coefficient (Wildman–Crippen LogP) is 3.15. The standard InChI is InChI=1S/C11H25NSi/c1-6-13(7-2,8-3)11-9-10-12(4)5/h9,11H,6-8,10H2,1-5H3/b11-9+. The van der Waals surface area contributed by atoms with Crippen LogP contribution < -0.4 is 0 Å². The normalized spacial score (nSPS) is 13.1. The van der Waals surface area contributed by atoms with Crippen LogP contribution in [0.1, 0.15) is 20.8 Å². The van der Waals surface area contributed by atoms with E-state index in [0.29, 0.717) is 0 Å². The highest BCUT2D eigenvalue weighted by molar-refractivity contribution is 6.84. The minimum absolute atomic E-state index is 0.991. The van der Waals surface area contributed by atoms with E-state index in [1.54, 1.807) is 0 Å². The van der Waals surface area contributed by atoms with Gasteiger partial charge in [-0.15, -0.1) is 0 Å². The van der Waals surface area contributed by atoms with Crippen molar-refractivity contribution in [3.63, 3.8) is 0 Å². The highest BCUT2D eigenvalue weighted by Gasteiger charge is 2.22. The van der Waals surface area contributed by atoms with Crippen molar-refractivity contribution in [1.29, 1.82) is 0 Å². The molecule has 0 spiro atoms. The fourth-order valence-electron chi connectivity index (χ4n) is 1.62. The first-order valence-corrected chi connectivity index (χ1v) is 8.12. The summed E-state index contributed by atoms with van der Waals surface area (Å²) in [4.78, 5) is 2.22. The SMILES string of the molecule is CC[Si](/C=C/CN(C)C)(CC)CC. The van der Waals surface area contributed by atoms with Crippen LogP contribution in [0.4, 0.5) is 0 Å². The van der Waals surface area contributed by atoms with Gasteiger partial charge in [0.25, 0.3) is 0 Å². The Morgan fingerprint density at radius 3 is 1.77 bits per heavy atom. The molecule has 0 aromatic carbocycles. The van der Waals surface area contributed by atoms with Crippen LogP contribution in [0, 0.1) is 0 Å². The summed E-state index contributed by atoms with van der Waals surface area (Å²) in [5, 5.41) is 0. The molecule has 0 rings (SSSR count). The van der Waals surface area contributed by atoms with Gasteiger partial charge in [-0.25, -0.2) is 0 Å². The van der Waals surface area contributed by atoms with Gasteiger partial charge in [-0.2, -0.15) is 0 Å². The number of hydrogen-bond acceptors (Lipinski definition) is 1. The van der Waals surface area contributed by atoms with Gasteiger partial charge in [0.15, 0.2) is 0 Å². The van der Waals surface area contributed by atoms with Crippen LogP contribution >= 0.6 is 0 Å². The summed E-state index contributed by atoms with van der Waals surface area (Å²) >= 11 is 0. The third kappa shape index (κ3) is 4.63. The van der Waals surface area contributed by atoms with Crippen molar-refractivity contribution in [2.24, 2.45) is 0 Å². The Kier molecular flexibility index (Phi) is 6.34. The fraction of sp³-hybridized carbons (Fsp3) is 0.818. The molecule has 1 nitrogen and oxygen atoms in total. The smallest absolute Gasteiger partial charge is 0.0766 e. The van der Waals surface area contributed by atoms with E-state index in [4.69, 9.17) is 0 Å². The molecule has 0 amide bonds. The molecular formula is C11H25NSi. The molecule has 0 aromatic rings. The average Bonchev–Trinajstić information content (AvgIpc) is 2.13. The van der Waals surface area contributed by atoms with Gasteiger partial charge in [0.2, 0.25) is 0 Å². The van der Waals surface area contributed by atoms with E-state index in [1.807, 2.05) is 0 Å². The Hall–Kier alpha value is -0.0831. The van der Waals surface area contributed by atoms with Crippen LogP contribution in [0.2, 0.25) is 18.1 Å². The van der Waals surface area contributed by atoms with E-state index in [0.717, 1.165) is 6.54 Å². The largest absolute Gasteiger partial charge is 0.306 e. The van der Waals surface area contributed by atoms with Crippen LogP contribution in [-0.2, 0) is 0 Å². The number of nitrogens with zero attached hydrogens (tertiary/aromatic N) is 1. The molecule has 78 valence electrons. The zero-order chi connectivity index (χ0) is 10.3. The first-order chi connectivity index (χ1) is 6.10. The molecule has 0 aliphatic heterocycles. The maximum absolute atomic E-state index is 2.55. The molecule has 0 bridgehead atoms. The Labute approximate surface area is 84.8 Å². The van der Waals surface area contributed by atoms with Crippen LogP contribution in [0.15, 0.2) is 11.8 Å². The van der Waals surface area contributed by atoms with Crippen molar-refractivity contribution < 1.29 is 0 Å². The van der Waals surface area contributed by atoms with Gasteiger partial charge in [-0.1, -0.05) is 50.7 Å². The molecule has 0 radical (unpaired) electrons. The molecule has 0 saturated carbocycles. The van der Waals surface area contributed by atoms with Gasteiger partial charge in [0.05, 0.1) is 8.07 Å². The molecule has 0 heterocycles. The third-order valence-electron chi connectivity index (χ3n) is 3.05. The Morgan fingerprint density at radius 2 is 1.46 bits per heavy atom. The molecular weight excluding hydrogens is 174 g/mol. The number of likely N-dealkylation sites (N-methyl/N-ethyl adjacent to an activating group) is 1. The second-order valence-corrected chi connectivity index (χ2v) is 9.27. The Balaban J connectivity index is 4.15. The zero-order valence-electron chi connectivity index (χ0n) is 9.93. The molecule has 0 fully saturated rings. The maximum atomic E-state index is 2.55. The lowest BCUT2D eigenvalue weighted by Gasteiger charge is -2.23. The first-order valence-electron chi connectivity index (χ1n) is 5.42. The van der Waals surface area contributed by atoms with Gasteiger partial charge in [-0.05, 0) is 14.1 Å². The summed E-state index contributed by atoms with van der Waals surface area (Å²) in [5.41, 5.74) is 2.55. The molecule has 0 aromatic heterocycles. The second-order valence-electron chi connectivity index (χ2n) is 4.09. The Bertz CT molecular complexity index is 140. The molecule has 13 heavy (non-hydrogen) atoms. The predicted molar refractivity (Wildman–Crippen MR) is 64.9 cm³/mol. The lowest BCUT2D eigenvalue weighted by Crippen LogP contribution is -2.29. The van der Waals surface area contributed by atoms with Crippen molar-refractivity contribution in [2.45, 2.75) is 38.9 Å². The van der Waals surface area contributed by atoms with Crippen LogP contribution in [0.3, 0.4) is 0 Å². The van der Waals surface area contributed by atoms with Gasteiger partial charge in [0.1, 0.15) is 0 Å². The van der Waals surface area contributed by atoms with Crippen LogP contribution in [0.5, 0.6) is 0 Å². The van der Waals surface area contributed by atoms with E-state index in [1.165, 1.54) is 18.1 Å².